The van der Waals surface area contributed by atoms with Crippen LogP contribution in [0, 0.1) is 6.92 Å². The molecule has 0 saturated heterocycles. The highest BCUT2D eigenvalue weighted by atomic mass is 16.3. The molecule has 0 saturated carbocycles. The normalized spacial score (nSPS) is 10.1. The van der Waals surface area contributed by atoms with Crippen molar-refractivity contribution in [2.24, 2.45) is 0 Å². The Hall–Kier alpha value is -2.43. The van der Waals surface area contributed by atoms with Crippen molar-refractivity contribution in [2.45, 2.75) is 13.8 Å². The van der Waals surface area contributed by atoms with Crippen LogP contribution in [0.2, 0.25) is 0 Å². The van der Waals surface area contributed by atoms with Crippen LogP contribution in [0.1, 0.15) is 33.5 Å². The molecule has 5 heteroatoms. The molecule has 1 amide bonds. The van der Waals surface area contributed by atoms with Crippen LogP contribution in [-0.2, 0) is 0 Å². The summed E-state index contributed by atoms with van der Waals surface area (Å²) in [6, 6.07) is 6.81. The number of para-hydroxylation sites is 1. The topological polar surface area (TPSA) is 72.2 Å². The largest absolute Gasteiger partial charge is 0.438 e. The van der Waals surface area contributed by atoms with E-state index in [9.17, 15) is 9.59 Å². The van der Waals surface area contributed by atoms with Crippen LogP contribution >= 0.6 is 0 Å². The number of hydrogen-bond acceptors (Lipinski definition) is 4. The maximum atomic E-state index is 11.9. The minimum atomic E-state index is -0.418. The van der Waals surface area contributed by atoms with E-state index in [-0.39, 0.29) is 11.5 Å². The summed E-state index contributed by atoms with van der Waals surface area (Å²) in [4.78, 5) is 27.2. The Morgan fingerprint density at radius 1 is 1.28 bits per heavy atom. The van der Waals surface area contributed by atoms with Crippen LogP contribution in [0.3, 0.4) is 0 Å². The number of oxazole rings is 1. The number of nitrogens with zero attached hydrogens (tertiary/aromatic N) is 1. The first kappa shape index (κ1) is 12.0. The second kappa shape index (κ2) is 4.83. The van der Waals surface area contributed by atoms with Gasteiger partial charge in [0.05, 0.1) is 11.4 Å². The minimum absolute atomic E-state index is 0.111. The third kappa shape index (κ3) is 2.29. The zero-order valence-electron chi connectivity index (χ0n) is 10.1. The standard InChI is InChI=1S/C13H12N2O3/c1-8-12(18-7-14-8)13(17)15-11-6-4-3-5-10(11)9(2)16/h3-7H,1-2H3,(H,15,17). The number of carbonyl (C=O) groups excluding carboxylic acids is 2. The van der Waals surface area contributed by atoms with E-state index in [0.29, 0.717) is 16.9 Å². The number of Topliss-reactive ketones (excluding diaryl/α,β-unsaturated/α-hetero) is 1. The van der Waals surface area contributed by atoms with Crippen LogP contribution in [0.25, 0.3) is 0 Å². The molecule has 92 valence electrons. The Morgan fingerprint density at radius 3 is 2.61 bits per heavy atom. The number of rotatable bonds is 3. The van der Waals surface area contributed by atoms with E-state index < -0.39 is 5.91 Å². The van der Waals surface area contributed by atoms with Gasteiger partial charge in [-0.15, -0.1) is 0 Å². The number of benzene rings is 1. The molecule has 0 aliphatic rings. The molecule has 0 spiro atoms. The predicted octanol–water partition coefficient (Wildman–Crippen LogP) is 2.44. The maximum Gasteiger partial charge on any atom is 0.293 e. The Kier molecular flexibility index (Phi) is 3.23. The van der Waals surface area contributed by atoms with E-state index in [1.54, 1.807) is 31.2 Å². The van der Waals surface area contributed by atoms with Gasteiger partial charge in [-0.3, -0.25) is 9.59 Å². The van der Waals surface area contributed by atoms with Gasteiger partial charge in [0.2, 0.25) is 5.76 Å². The summed E-state index contributed by atoms with van der Waals surface area (Å²) < 4.78 is 4.99. The van der Waals surface area contributed by atoms with E-state index in [0.717, 1.165) is 0 Å². The van der Waals surface area contributed by atoms with E-state index in [2.05, 4.69) is 10.3 Å². The van der Waals surface area contributed by atoms with Gasteiger partial charge < -0.3 is 9.73 Å². The molecular weight excluding hydrogens is 232 g/mol. The second-order valence-corrected chi connectivity index (χ2v) is 3.82. The Labute approximate surface area is 104 Å². The van der Waals surface area contributed by atoms with Crippen LogP contribution in [0.5, 0.6) is 0 Å². The van der Waals surface area contributed by atoms with Gasteiger partial charge in [0.15, 0.2) is 12.2 Å². The lowest BCUT2D eigenvalue weighted by Crippen LogP contribution is -2.14. The van der Waals surface area contributed by atoms with E-state index in [4.69, 9.17) is 4.42 Å². The number of ketones is 1. The molecule has 0 radical (unpaired) electrons. The molecule has 2 rings (SSSR count). The summed E-state index contributed by atoms with van der Waals surface area (Å²) in [5.41, 5.74) is 1.43. The van der Waals surface area contributed by atoms with E-state index in [1.165, 1.54) is 13.3 Å². The maximum absolute atomic E-state index is 11.9. The zero-order chi connectivity index (χ0) is 13.1. The fourth-order valence-corrected chi connectivity index (χ4v) is 1.60. The Balaban J connectivity index is 2.28. The van der Waals surface area contributed by atoms with Crippen molar-refractivity contribution >= 4 is 17.4 Å². The predicted molar refractivity (Wildman–Crippen MR) is 65.6 cm³/mol. The Bertz CT molecular complexity index is 602. The first-order valence-electron chi connectivity index (χ1n) is 5.41. The average molecular weight is 244 g/mol. The molecule has 1 heterocycles. The second-order valence-electron chi connectivity index (χ2n) is 3.82. The van der Waals surface area contributed by atoms with Gasteiger partial charge in [0.25, 0.3) is 5.91 Å². The molecule has 0 unspecified atom stereocenters. The summed E-state index contributed by atoms with van der Waals surface area (Å²) in [5, 5.41) is 2.64. The van der Waals surface area contributed by atoms with Gasteiger partial charge in [0.1, 0.15) is 0 Å². The van der Waals surface area contributed by atoms with E-state index >= 15 is 0 Å². The third-order valence-corrected chi connectivity index (χ3v) is 2.51. The quantitative estimate of drug-likeness (QED) is 0.841. The van der Waals surface area contributed by atoms with Gasteiger partial charge in [0, 0.05) is 5.56 Å². The number of carbonyl (C=O) groups is 2. The minimum Gasteiger partial charge on any atom is -0.438 e. The molecule has 1 N–H and O–H groups in total. The molecule has 0 bridgehead atoms. The molecule has 18 heavy (non-hydrogen) atoms. The molecule has 0 atom stereocenters. The number of amides is 1. The molecule has 1 aromatic heterocycles. The lowest BCUT2D eigenvalue weighted by atomic mass is 10.1. The summed E-state index contributed by atoms with van der Waals surface area (Å²) >= 11 is 0. The number of nitrogens with one attached hydrogen (secondary N) is 1. The zero-order valence-corrected chi connectivity index (χ0v) is 10.1. The molecular formula is C13H12N2O3. The van der Waals surface area contributed by atoms with Crippen molar-refractivity contribution < 1.29 is 14.0 Å². The molecule has 1 aromatic carbocycles. The highest BCUT2D eigenvalue weighted by Crippen LogP contribution is 2.17. The van der Waals surface area contributed by atoms with Crippen molar-refractivity contribution in [3.63, 3.8) is 0 Å². The van der Waals surface area contributed by atoms with Gasteiger partial charge >= 0.3 is 0 Å². The van der Waals surface area contributed by atoms with Crippen molar-refractivity contribution in [1.82, 2.24) is 4.98 Å². The Morgan fingerprint density at radius 2 is 2.00 bits per heavy atom. The molecule has 0 aliphatic carbocycles. The lowest BCUT2D eigenvalue weighted by Gasteiger charge is -2.07. The monoisotopic (exact) mass is 244 g/mol. The fraction of sp³-hybridized carbons (Fsp3) is 0.154. The van der Waals surface area contributed by atoms with Crippen LogP contribution in [0.15, 0.2) is 35.1 Å². The van der Waals surface area contributed by atoms with Gasteiger partial charge in [-0.2, -0.15) is 0 Å². The highest BCUT2D eigenvalue weighted by Gasteiger charge is 2.16. The molecule has 5 nitrogen and oxygen atoms in total. The lowest BCUT2D eigenvalue weighted by molar-refractivity contribution is 0.0996. The average Bonchev–Trinajstić information content (AvgIpc) is 2.76. The van der Waals surface area contributed by atoms with E-state index in [1.807, 2.05) is 0 Å². The number of anilines is 1. The smallest absolute Gasteiger partial charge is 0.293 e. The molecule has 0 aliphatic heterocycles. The molecule has 2 aromatic rings. The van der Waals surface area contributed by atoms with Crippen LogP contribution in [0.4, 0.5) is 5.69 Å². The van der Waals surface area contributed by atoms with Crippen molar-refractivity contribution in [3.8, 4) is 0 Å². The van der Waals surface area contributed by atoms with Gasteiger partial charge in [-0.05, 0) is 26.0 Å². The number of hydrogen-bond donors (Lipinski definition) is 1. The summed E-state index contributed by atoms with van der Waals surface area (Å²) in [6.07, 6.45) is 1.21. The summed E-state index contributed by atoms with van der Waals surface area (Å²) in [5.74, 6) is -0.382. The number of aromatic nitrogens is 1. The van der Waals surface area contributed by atoms with Crippen LogP contribution < -0.4 is 5.32 Å². The third-order valence-electron chi connectivity index (χ3n) is 2.51. The highest BCUT2D eigenvalue weighted by molar-refractivity contribution is 6.08. The van der Waals surface area contributed by atoms with Gasteiger partial charge in [-0.25, -0.2) is 4.98 Å². The number of aryl methyl sites for hydroxylation is 1. The fourth-order valence-electron chi connectivity index (χ4n) is 1.60. The molecule has 0 fully saturated rings. The first-order valence-corrected chi connectivity index (χ1v) is 5.41. The summed E-state index contributed by atoms with van der Waals surface area (Å²) in [7, 11) is 0. The van der Waals surface area contributed by atoms with Crippen LogP contribution in [-0.4, -0.2) is 16.7 Å². The first-order chi connectivity index (χ1) is 8.59. The van der Waals surface area contributed by atoms with Crippen molar-refractivity contribution in [2.75, 3.05) is 5.32 Å². The van der Waals surface area contributed by atoms with Gasteiger partial charge in [-0.1, -0.05) is 12.1 Å². The van der Waals surface area contributed by atoms with Crippen molar-refractivity contribution in [3.05, 3.63) is 47.7 Å². The van der Waals surface area contributed by atoms with Crippen molar-refractivity contribution in [1.29, 1.82) is 0 Å². The summed E-state index contributed by atoms with van der Waals surface area (Å²) in [6.45, 7) is 3.12. The SMILES string of the molecule is CC(=O)c1ccccc1NC(=O)c1ocnc1C.